The third-order valence-electron chi connectivity index (χ3n) is 6.47. The number of nitriles is 2. The molecule has 0 radical (unpaired) electrons. The van der Waals surface area contributed by atoms with E-state index >= 15 is 0 Å². The highest BCUT2D eigenvalue weighted by Gasteiger charge is 2.63. The zero-order valence-electron chi connectivity index (χ0n) is 17.0. The van der Waals surface area contributed by atoms with E-state index in [0.717, 1.165) is 16.8 Å². The Hall–Kier alpha value is -3.86. The maximum absolute atomic E-state index is 14.0. The number of fused-ring (bicyclic) bond motifs is 3. The van der Waals surface area contributed by atoms with E-state index in [1.807, 2.05) is 71.6 Å². The Labute approximate surface area is 191 Å². The minimum absolute atomic E-state index is 0.141. The smallest absolute Gasteiger partial charge is 0.185 e. The Balaban J connectivity index is 1.78. The van der Waals surface area contributed by atoms with E-state index in [2.05, 4.69) is 12.1 Å². The first kappa shape index (κ1) is 20.1. The Morgan fingerprint density at radius 2 is 1.56 bits per heavy atom. The van der Waals surface area contributed by atoms with E-state index in [0.29, 0.717) is 10.6 Å². The van der Waals surface area contributed by atoms with Gasteiger partial charge in [0, 0.05) is 22.2 Å². The molecule has 32 heavy (non-hydrogen) atoms. The summed E-state index contributed by atoms with van der Waals surface area (Å²) in [6.45, 7) is 0. The molecule has 0 spiro atoms. The van der Waals surface area contributed by atoms with Crippen LogP contribution in [0, 0.1) is 28.1 Å². The molecule has 0 amide bonds. The standard InChI is InChI=1S/C27H18ClN3O/c28-21-13-10-20(11-14-21)26(32)25-24(19-7-2-1-3-8-19)27(16-29,17-30)23-15-12-18-6-4-5-9-22(18)31(23)25/h1-15,23-25H. The van der Waals surface area contributed by atoms with Crippen LogP contribution in [0.1, 0.15) is 27.4 Å². The first-order valence-corrected chi connectivity index (χ1v) is 10.7. The predicted molar refractivity (Wildman–Crippen MR) is 124 cm³/mol. The van der Waals surface area contributed by atoms with Crippen LogP contribution in [-0.2, 0) is 0 Å². The van der Waals surface area contributed by atoms with Crippen molar-refractivity contribution in [3.05, 3.63) is 107 Å². The van der Waals surface area contributed by atoms with Crippen molar-refractivity contribution in [2.75, 3.05) is 4.90 Å². The van der Waals surface area contributed by atoms with Crippen LogP contribution < -0.4 is 4.90 Å². The zero-order valence-corrected chi connectivity index (χ0v) is 17.8. The fourth-order valence-electron chi connectivity index (χ4n) is 5.05. The number of hydrogen-bond donors (Lipinski definition) is 0. The molecule has 2 heterocycles. The number of anilines is 1. The summed E-state index contributed by atoms with van der Waals surface area (Å²) in [5.74, 6) is -0.777. The molecule has 5 rings (SSSR count). The van der Waals surface area contributed by atoms with Gasteiger partial charge in [-0.05, 0) is 41.5 Å². The lowest BCUT2D eigenvalue weighted by Gasteiger charge is -2.35. The molecule has 0 aromatic heterocycles. The summed E-state index contributed by atoms with van der Waals surface area (Å²) in [4.78, 5) is 16.0. The van der Waals surface area contributed by atoms with Crippen molar-refractivity contribution in [3.63, 3.8) is 0 Å². The van der Waals surface area contributed by atoms with Crippen molar-refractivity contribution in [1.82, 2.24) is 0 Å². The highest BCUT2D eigenvalue weighted by molar-refractivity contribution is 6.30. The van der Waals surface area contributed by atoms with Gasteiger partial charge in [0.15, 0.2) is 11.2 Å². The van der Waals surface area contributed by atoms with Crippen molar-refractivity contribution in [2.45, 2.75) is 18.0 Å². The Kier molecular flexibility index (Phi) is 4.82. The molecule has 1 fully saturated rings. The van der Waals surface area contributed by atoms with Crippen LogP contribution >= 0.6 is 11.6 Å². The topological polar surface area (TPSA) is 67.9 Å². The molecule has 3 aromatic rings. The second-order valence-electron chi connectivity index (χ2n) is 8.07. The van der Waals surface area contributed by atoms with E-state index in [1.54, 1.807) is 24.3 Å². The molecular formula is C27H18ClN3O. The van der Waals surface area contributed by atoms with E-state index in [1.165, 1.54) is 0 Å². The van der Waals surface area contributed by atoms with Crippen molar-refractivity contribution in [1.29, 1.82) is 10.5 Å². The average Bonchev–Trinajstić information content (AvgIpc) is 3.15. The van der Waals surface area contributed by atoms with Crippen molar-refractivity contribution in [3.8, 4) is 12.1 Å². The van der Waals surface area contributed by atoms with E-state index in [4.69, 9.17) is 11.6 Å². The van der Waals surface area contributed by atoms with Gasteiger partial charge in [0.25, 0.3) is 0 Å². The van der Waals surface area contributed by atoms with Crippen LogP contribution in [0.5, 0.6) is 0 Å². The Morgan fingerprint density at radius 1 is 0.906 bits per heavy atom. The molecule has 3 aromatic carbocycles. The highest BCUT2D eigenvalue weighted by atomic mass is 35.5. The van der Waals surface area contributed by atoms with Crippen molar-refractivity contribution >= 4 is 29.1 Å². The number of ketones is 1. The largest absolute Gasteiger partial charge is 0.351 e. The third-order valence-corrected chi connectivity index (χ3v) is 6.72. The summed E-state index contributed by atoms with van der Waals surface area (Å²) in [7, 11) is 0. The molecule has 1 saturated heterocycles. The molecular weight excluding hydrogens is 418 g/mol. The number of halogens is 1. The lowest BCUT2D eigenvalue weighted by atomic mass is 9.69. The van der Waals surface area contributed by atoms with Gasteiger partial charge in [-0.2, -0.15) is 10.5 Å². The molecule has 4 nitrogen and oxygen atoms in total. The minimum Gasteiger partial charge on any atom is -0.351 e. The number of Topliss-reactive ketones (excluding diaryl/α,β-unsaturated/α-hetero) is 1. The molecule has 0 N–H and O–H groups in total. The summed E-state index contributed by atoms with van der Waals surface area (Å²) in [5, 5.41) is 21.3. The van der Waals surface area contributed by atoms with E-state index in [9.17, 15) is 15.3 Å². The number of carbonyl (C=O) groups is 1. The van der Waals surface area contributed by atoms with Gasteiger partial charge in [-0.1, -0.05) is 72.3 Å². The van der Waals surface area contributed by atoms with Gasteiger partial charge in [0.2, 0.25) is 0 Å². The molecule has 3 atom stereocenters. The van der Waals surface area contributed by atoms with Gasteiger partial charge >= 0.3 is 0 Å². The third kappa shape index (κ3) is 2.85. The Morgan fingerprint density at radius 3 is 2.25 bits per heavy atom. The zero-order chi connectivity index (χ0) is 22.3. The first-order valence-electron chi connectivity index (χ1n) is 10.3. The van der Waals surface area contributed by atoms with Crippen LogP contribution in [0.25, 0.3) is 6.08 Å². The molecule has 154 valence electrons. The van der Waals surface area contributed by atoms with Crippen LogP contribution in [0.15, 0.2) is 84.9 Å². The van der Waals surface area contributed by atoms with Gasteiger partial charge in [-0.3, -0.25) is 4.79 Å². The van der Waals surface area contributed by atoms with E-state index < -0.39 is 23.4 Å². The minimum atomic E-state index is -1.43. The van der Waals surface area contributed by atoms with Crippen molar-refractivity contribution in [2.24, 2.45) is 5.41 Å². The van der Waals surface area contributed by atoms with Crippen LogP contribution in [-0.4, -0.2) is 17.9 Å². The number of rotatable bonds is 3. The van der Waals surface area contributed by atoms with Crippen LogP contribution in [0.4, 0.5) is 5.69 Å². The highest BCUT2D eigenvalue weighted by Crippen LogP contribution is 2.55. The number of hydrogen-bond acceptors (Lipinski definition) is 4. The second-order valence-corrected chi connectivity index (χ2v) is 8.50. The lowest BCUT2D eigenvalue weighted by molar-refractivity contribution is 0.0951. The number of carbonyl (C=O) groups excluding carboxylic acids is 1. The van der Waals surface area contributed by atoms with Gasteiger partial charge < -0.3 is 4.90 Å². The predicted octanol–water partition coefficient (Wildman–Crippen LogP) is 5.62. The average molecular weight is 436 g/mol. The molecule has 0 saturated carbocycles. The van der Waals surface area contributed by atoms with Gasteiger partial charge in [-0.15, -0.1) is 0 Å². The van der Waals surface area contributed by atoms with E-state index in [-0.39, 0.29) is 5.78 Å². The van der Waals surface area contributed by atoms with Crippen LogP contribution in [0.2, 0.25) is 5.02 Å². The second kappa shape index (κ2) is 7.68. The SMILES string of the molecule is N#CC1(C#N)C(c2ccccc2)C(C(=O)c2ccc(Cl)cc2)N2c3ccccc3C=CC21. The maximum atomic E-state index is 14.0. The van der Waals surface area contributed by atoms with Gasteiger partial charge in [0.1, 0.15) is 6.04 Å². The molecule has 2 aliphatic heterocycles. The quantitative estimate of drug-likeness (QED) is 0.500. The number of nitrogens with zero attached hydrogens (tertiary/aromatic N) is 3. The molecule has 0 aliphatic carbocycles. The number of para-hydroxylation sites is 1. The molecule has 2 aliphatic rings. The number of benzene rings is 3. The van der Waals surface area contributed by atoms with Crippen molar-refractivity contribution < 1.29 is 4.79 Å². The van der Waals surface area contributed by atoms with Crippen LogP contribution in [0.3, 0.4) is 0 Å². The maximum Gasteiger partial charge on any atom is 0.185 e. The summed E-state index contributed by atoms with van der Waals surface area (Å²) in [6.07, 6.45) is 3.83. The molecule has 5 heteroatoms. The summed E-state index contributed by atoms with van der Waals surface area (Å²) < 4.78 is 0. The monoisotopic (exact) mass is 435 g/mol. The van der Waals surface area contributed by atoms with Gasteiger partial charge in [0.05, 0.1) is 18.2 Å². The normalized spacial score (nSPS) is 22.3. The first-order chi connectivity index (χ1) is 15.6. The summed E-state index contributed by atoms with van der Waals surface area (Å²) >= 11 is 6.05. The molecule has 0 bridgehead atoms. The lowest BCUT2D eigenvalue weighted by Crippen LogP contribution is -2.44. The summed E-state index contributed by atoms with van der Waals surface area (Å²) in [5.41, 5.74) is 1.66. The fraction of sp³-hybridized carbons (Fsp3) is 0.148. The fourth-order valence-corrected chi connectivity index (χ4v) is 5.18. The molecule has 3 unspecified atom stereocenters. The Bertz CT molecular complexity index is 1290. The summed E-state index contributed by atoms with van der Waals surface area (Å²) in [6, 6.07) is 27.3. The van der Waals surface area contributed by atoms with Gasteiger partial charge in [-0.25, -0.2) is 0 Å².